The molecule has 110 valence electrons. The summed E-state index contributed by atoms with van der Waals surface area (Å²) in [5.74, 6) is 0.910. The molecule has 1 N–H and O–H groups in total. The number of hydrogen-bond donors (Lipinski definition) is 1. The van der Waals surface area contributed by atoms with Crippen molar-refractivity contribution in [1.29, 1.82) is 0 Å². The quantitative estimate of drug-likeness (QED) is 0.804. The maximum atomic E-state index is 12.0. The van der Waals surface area contributed by atoms with Gasteiger partial charge in [0.2, 0.25) is 5.91 Å². The average molecular weight is 340 g/mol. The van der Waals surface area contributed by atoms with Gasteiger partial charge in [-0.25, -0.2) is 0 Å². The highest BCUT2D eigenvalue weighted by atomic mass is 79.9. The van der Waals surface area contributed by atoms with Crippen LogP contribution in [0.2, 0.25) is 0 Å². The molecule has 3 nitrogen and oxygen atoms in total. The van der Waals surface area contributed by atoms with Gasteiger partial charge < -0.3 is 10.1 Å². The molecule has 0 unspecified atom stereocenters. The number of nitrogens with one attached hydrogen (secondary N) is 1. The Morgan fingerprint density at radius 2 is 2.15 bits per heavy atom. The molecule has 2 rings (SSSR count). The van der Waals surface area contributed by atoms with Gasteiger partial charge in [0.25, 0.3) is 0 Å². The number of ether oxygens (including phenoxy) is 1. The van der Waals surface area contributed by atoms with Gasteiger partial charge in [-0.2, -0.15) is 0 Å². The standard InChI is InChI=1S/C16H22BrNO2/c1-13-5-4-6-14(11-13)20-10-7-15(19)18-16(12-17)8-2-3-9-16/h4-6,11H,2-3,7-10,12H2,1H3,(H,18,19). The van der Waals surface area contributed by atoms with Crippen molar-refractivity contribution in [2.24, 2.45) is 0 Å². The fourth-order valence-corrected chi connectivity index (χ4v) is 3.37. The molecule has 0 bridgehead atoms. The van der Waals surface area contributed by atoms with E-state index in [9.17, 15) is 4.79 Å². The van der Waals surface area contributed by atoms with Crippen molar-refractivity contribution in [2.75, 3.05) is 11.9 Å². The Hall–Kier alpha value is -1.03. The molecule has 0 atom stereocenters. The Morgan fingerprint density at radius 1 is 1.40 bits per heavy atom. The highest BCUT2D eigenvalue weighted by molar-refractivity contribution is 9.09. The number of alkyl halides is 1. The van der Waals surface area contributed by atoms with Crippen molar-refractivity contribution in [2.45, 2.75) is 44.6 Å². The summed E-state index contributed by atoms with van der Waals surface area (Å²) in [6, 6.07) is 7.89. The molecule has 1 fully saturated rings. The number of amides is 1. The van der Waals surface area contributed by atoms with Gasteiger partial charge in [-0.1, -0.05) is 40.9 Å². The minimum atomic E-state index is -0.0274. The Balaban J connectivity index is 1.75. The van der Waals surface area contributed by atoms with Crippen molar-refractivity contribution in [3.8, 4) is 5.75 Å². The van der Waals surface area contributed by atoms with Crippen LogP contribution in [-0.2, 0) is 4.79 Å². The minimum absolute atomic E-state index is 0.0274. The summed E-state index contributed by atoms with van der Waals surface area (Å²) in [6.45, 7) is 2.45. The molecule has 0 spiro atoms. The van der Waals surface area contributed by atoms with E-state index in [4.69, 9.17) is 4.74 Å². The van der Waals surface area contributed by atoms with Gasteiger partial charge in [0, 0.05) is 10.9 Å². The van der Waals surface area contributed by atoms with Gasteiger partial charge in [0.05, 0.1) is 13.0 Å². The molecule has 0 aliphatic heterocycles. The molecular formula is C16H22BrNO2. The summed E-state index contributed by atoms with van der Waals surface area (Å²) in [7, 11) is 0. The number of halogens is 1. The van der Waals surface area contributed by atoms with E-state index in [1.165, 1.54) is 12.8 Å². The minimum Gasteiger partial charge on any atom is -0.493 e. The number of benzene rings is 1. The van der Waals surface area contributed by atoms with Gasteiger partial charge in [0.15, 0.2) is 0 Å². The van der Waals surface area contributed by atoms with Crippen molar-refractivity contribution < 1.29 is 9.53 Å². The second-order valence-electron chi connectivity index (χ2n) is 5.58. The highest BCUT2D eigenvalue weighted by Gasteiger charge is 2.33. The van der Waals surface area contributed by atoms with E-state index in [0.29, 0.717) is 13.0 Å². The van der Waals surface area contributed by atoms with Crippen LogP contribution in [0.4, 0.5) is 0 Å². The third-order valence-corrected chi connectivity index (χ3v) is 4.88. The highest BCUT2D eigenvalue weighted by Crippen LogP contribution is 2.31. The molecule has 1 aliphatic rings. The summed E-state index contributed by atoms with van der Waals surface area (Å²) in [5, 5.41) is 4.01. The molecule has 1 saturated carbocycles. The van der Waals surface area contributed by atoms with E-state index >= 15 is 0 Å². The van der Waals surface area contributed by atoms with Crippen LogP contribution in [0.5, 0.6) is 5.75 Å². The van der Waals surface area contributed by atoms with Crippen LogP contribution in [0.15, 0.2) is 24.3 Å². The number of rotatable bonds is 6. The van der Waals surface area contributed by atoms with Crippen molar-refractivity contribution in [3.05, 3.63) is 29.8 Å². The van der Waals surface area contributed by atoms with Crippen LogP contribution >= 0.6 is 15.9 Å². The smallest absolute Gasteiger partial charge is 0.223 e. The molecule has 0 aromatic heterocycles. The molecule has 0 saturated heterocycles. The summed E-state index contributed by atoms with van der Waals surface area (Å²) in [5.41, 5.74) is 1.14. The van der Waals surface area contributed by atoms with Crippen LogP contribution in [0.1, 0.15) is 37.7 Å². The maximum absolute atomic E-state index is 12.0. The van der Waals surface area contributed by atoms with E-state index in [1.807, 2.05) is 31.2 Å². The predicted octanol–water partition coefficient (Wildman–Crippen LogP) is 3.59. The second kappa shape index (κ2) is 7.11. The lowest BCUT2D eigenvalue weighted by molar-refractivity contribution is -0.123. The zero-order valence-electron chi connectivity index (χ0n) is 12.0. The molecule has 0 radical (unpaired) electrons. The number of carbonyl (C=O) groups is 1. The van der Waals surface area contributed by atoms with Crippen LogP contribution in [0.3, 0.4) is 0 Å². The fourth-order valence-electron chi connectivity index (χ4n) is 2.67. The van der Waals surface area contributed by atoms with Crippen molar-refractivity contribution in [1.82, 2.24) is 5.32 Å². The first-order valence-electron chi connectivity index (χ1n) is 7.20. The van der Waals surface area contributed by atoms with Gasteiger partial charge in [0.1, 0.15) is 5.75 Å². The van der Waals surface area contributed by atoms with Crippen molar-refractivity contribution in [3.63, 3.8) is 0 Å². The van der Waals surface area contributed by atoms with E-state index < -0.39 is 0 Å². The molecule has 1 aromatic carbocycles. The summed E-state index contributed by atoms with van der Waals surface area (Å²) < 4.78 is 5.62. The van der Waals surface area contributed by atoms with E-state index in [2.05, 4.69) is 21.2 Å². The van der Waals surface area contributed by atoms with Crippen LogP contribution in [0.25, 0.3) is 0 Å². The van der Waals surface area contributed by atoms with Gasteiger partial charge in [-0.15, -0.1) is 0 Å². The van der Waals surface area contributed by atoms with E-state index in [-0.39, 0.29) is 11.4 Å². The van der Waals surface area contributed by atoms with E-state index in [1.54, 1.807) is 0 Å². The number of aryl methyl sites for hydroxylation is 1. The second-order valence-corrected chi connectivity index (χ2v) is 6.14. The molecule has 1 aromatic rings. The zero-order valence-corrected chi connectivity index (χ0v) is 13.5. The Bertz CT molecular complexity index is 456. The lowest BCUT2D eigenvalue weighted by Crippen LogP contribution is -2.48. The lowest BCUT2D eigenvalue weighted by Gasteiger charge is -2.28. The van der Waals surface area contributed by atoms with E-state index in [0.717, 1.165) is 29.5 Å². The van der Waals surface area contributed by atoms with Gasteiger partial charge in [-0.3, -0.25) is 4.79 Å². The molecular weight excluding hydrogens is 318 g/mol. The first kappa shape index (κ1) is 15.4. The van der Waals surface area contributed by atoms with Crippen LogP contribution in [-0.4, -0.2) is 23.4 Å². The monoisotopic (exact) mass is 339 g/mol. The summed E-state index contributed by atoms with van der Waals surface area (Å²) in [6.07, 6.45) is 4.95. The zero-order chi connectivity index (χ0) is 14.4. The fraction of sp³-hybridized carbons (Fsp3) is 0.562. The average Bonchev–Trinajstić information content (AvgIpc) is 2.88. The third-order valence-electron chi connectivity index (χ3n) is 3.81. The third kappa shape index (κ3) is 4.23. The first-order valence-corrected chi connectivity index (χ1v) is 8.32. The summed E-state index contributed by atoms with van der Waals surface area (Å²) in [4.78, 5) is 12.0. The number of carbonyl (C=O) groups excluding carboxylic acids is 1. The normalized spacial score (nSPS) is 16.9. The van der Waals surface area contributed by atoms with Gasteiger partial charge >= 0.3 is 0 Å². The first-order chi connectivity index (χ1) is 9.63. The molecule has 0 heterocycles. The Labute approximate surface area is 129 Å². The molecule has 20 heavy (non-hydrogen) atoms. The maximum Gasteiger partial charge on any atom is 0.223 e. The van der Waals surface area contributed by atoms with Crippen LogP contribution in [0, 0.1) is 6.92 Å². The van der Waals surface area contributed by atoms with Crippen molar-refractivity contribution >= 4 is 21.8 Å². The topological polar surface area (TPSA) is 38.3 Å². The Kier molecular flexibility index (Phi) is 5.46. The van der Waals surface area contributed by atoms with Crippen LogP contribution < -0.4 is 10.1 Å². The number of hydrogen-bond acceptors (Lipinski definition) is 2. The molecule has 1 amide bonds. The largest absolute Gasteiger partial charge is 0.493 e. The SMILES string of the molecule is Cc1cccc(OCCC(=O)NC2(CBr)CCCC2)c1. The van der Waals surface area contributed by atoms with Gasteiger partial charge in [-0.05, 0) is 37.5 Å². The lowest BCUT2D eigenvalue weighted by atomic mass is 10.0. The predicted molar refractivity (Wildman–Crippen MR) is 84.4 cm³/mol. The molecule has 4 heteroatoms. The Morgan fingerprint density at radius 3 is 2.80 bits per heavy atom. The molecule has 1 aliphatic carbocycles. The summed E-state index contributed by atoms with van der Waals surface area (Å²) >= 11 is 3.53.